The number of cyclic esters (lactones) is 1. The van der Waals surface area contributed by atoms with Crippen LogP contribution in [0.4, 0.5) is 4.39 Å². The number of thioether (sulfide) groups is 1. The second-order valence-electron chi connectivity index (χ2n) is 10.1. The van der Waals surface area contributed by atoms with Gasteiger partial charge in [-0.05, 0) is 54.7 Å². The number of hydrogen-bond donors (Lipinski definition) is 2. The van der Waals surface area contributed by atoms with Crippen molar-refractivity contribution in [3.05, 3.63) is 61.7 Å². The standard InChI is InChI=1S/C28H28FN3O5S/c1-4-28(36)17-8-21-25-15(10-32(21)26(34)16(17)11-37-27(28)35)24-19(30-22(33)12-38-5-2)7-6-14-13(3)18(29)9-20(31-25)23(14)24/h8-9,19,36H,4-7,10-12H2,1-3H3,(H,30,33)/t19-,28-/m0/s1. The number of esters is 1. The van der Waals surface area contributed by atoms with Crippen molar-refractivity contribution in [2.24, 2.45) is 0 Å². The summed E-state index contributed by atoms with van der Waals surface area (Å²) in [5, 5.41) is 15.2. The molecule has 0 spiro atoms. The molecule has 0 radical (unpaired) electrons. The Balaban J connectivity index is 1.60. The van der Waals surface area contributed by atoms with Crippen molar-refractivity contribution in [2.75, 3.05) is 11.5 Å². The van der Waals surface area contributed by atoms with E-state index in [1.807, 2.05) is 6.92 Å². The quantitative estimate of drug-likeness (QED) is 0.376. The van der Waals surface area contributed by atoms with Crippen LogP contribution in [0.15, 0.2) is 16.9 Å². The van der Waals surface area contributed by atoms with Gasteiger partial charge in [0.15, 0.2) is 5.60 Å². The van der Waals surface area contributed by atoms with Gasteiger partial charge in [-0.15, -0.1) is 0 Å². The molecule has 2 aromatic heterocycles. The summed E-state index contributed by atoms with van der Waals surface area (Å²) in [7, 11) is 0. The molecule has 0 bridgehead atoms. The number of aromatic nitrogens is 2. The summed E-state index contributed by atoms with van der Waals surface area (Å²) in [6, 6.07) is 2.75. The Labute approximate surface area is 222 Å². The van der Waals surface area contributed by atoms with E-state index in [4.69, 9.17) is 9.72 Å². The molecular weight excluding hydrogens is 509 g/mol. The van der Waals surface area contributed by atoms with Gasteiger partial charge >= 0.3 is 5.97 Å². The average Bonchev–Trinajstić information content (AvgIpc) is 3.27. The fourth-order valence-corrected chi connectivity index (χ4v) is 6.60. The highest BCUT2D eigenvalue weighted by Crippen LogP contribution is 2.45. The lowest BCUT2D eigenvalue weighted by molar-refractivity contribution is -0.172. The molecule has 2 aliphatic heterocycles. The van der Waals surface area contributed by atoms with Crippen molar-refractivity contribution < 1.29 is 23.8 Å². The first kappa shape index (κ1) is 25.1. The summed E-state index contributed by atoms with van der Waals surface area (Å²) in [5.41, 5.74) is 2.71. The number of carbonyl (C=O) groups is 2. The molecule has 6 rings (SSSR count). The lowest BCUT2D eigenvalue weighted by Gasteiger charge is -2.31. The Morgan fingerprint density at radius 3 is 2.82 bits per heavy atom. The first-order valence-corrected chi connectivity index (χ1v) is 14.0. The van der Waals surface area contributed by atoms with Gasteiger partial charge in [-0.1, -0.05) is 13.8 Å². The molecule has 8 nitrogen and oxygen atoms in total. The molecule has 0 saturated carbocycles. The Hall–Kier alpha value is -3.24. The number of fused-ring (bicyclic) bond motifs is 5. The fourth-order valence-electron chi connectivity index (χ4n) is 6.13. The number of ether oxygens (including phenoxy) is 1. The predicted octanol–water partition coefficient (Wildman–Crippen LogP) is 3.38. The molecule has 1 amide bonds. The zero-order chi connectivity index (χ0) is 26.9. The van der Waals surface area contributed by atoms with Gasteiger partial charge in [-0.2, -0.15) is 11.8 Å². The molecule has 38 heavy (non-hydrogen) atoms. The maximum absolute atomic E-state index is 15.0. The molecule has 0 unspecified atom stereocenters. The van der Waals surface area contributed by atoms with E-state index in [0.717, 1.165) is 27.8 Å². The molecule has 1 aliphatic carbocycles. The zero-order valence-electron chi connectivity index (χ0n) is 21.4. The second kappa shape index (κ2) is 8.91. The fraction of sp³-hybridized carbons (Fsp3) is 0.429. The summed E-state index contributed by atoms with van der Waals surface area (Å²) in [6.45, 7) is 5.42. The number of nitrogens with zero attached hydrogens (tertiary/aromatic N) is 2. The van der Waals surface area contributed by atoms with Gasteiger partial charge in [0.25, 0.3) is 5.56 Å². The summed E-state index contributed by atoms with van der Waals surface area (Å²) in [5.74, 6) is -0.0414. The number of pyridine rings is 2. The highest BCUT2D eigenvalue weighted by atomic mass is 32.2. The SMILES string of the molecule is CCSCC(=O)N[C@H]1CCc2c(C)c(F)cc3nc4c(c1c23)Cn1c-4cc2c(c1=O)COC(=O)[C@]2(O)CC. The number of hydrogen-bond acceptors (Lipinski definition) is 7. The Morgan fingerprint density at radius 2 is 2.08 bits per heavy atom. The highest BCUT2D eigenvalue weighted by molar-refractivity contribution is 7.99. The minimum Gasteiger partial charge on any atom is -0.458 e. The van der Waals surface area contributed by atoms with Crippen LogP contribution in [0.2, 0.25) is 0 Å². The molecular formula is C28H28FN3O5S. The molecule has 2 N–H and O–H groups in total. The van der Waals surface area contributed by atoms with Crippen molar-refractivity contribution in [3.8, 4) is 11.4 Å². The minimum absolute atomic E-state index is 0.0444. The molecule has 198 valence electrons. The summed E-state index contributed by atoms with van der Waals surface area (Å²) in [4.78, 5) is 43.7. The highest BCUT2D eigenvalue weighted by Gasteiger charge is 2.46. The number of amides is 1. The van der Waals surface area contributed by atoms with Gasteiger partial charge in [0.2, 0.25) is 5.91 Å². The molecule has 3 aromatic rings. The normalized spacial score (nSPS) is 21.1. The van der Waals surface area contributed by atoms with E-state index >= 15 is 0 Å². The van der Waals surface area contributed by atoms with Crippen molar-refractivity contribution in [3.63, 3.8) is 0 Å². The van der Waals surface area contributed by atoms with Gasteiger partial charge in [0.1, 0.15) is 12.4 Å². The van der Waals surface area contributed by atoms with Crippen LogP contribution in [0.1, 0.15) is 66.1 Å². The number of halogens is 1. The van der Waals surface area contributed by atoms with E-state index < -0.39 is 11.6 Å². The first-order valence-electron chi connectivity index (χ1n) is 12.9. The predicted molar refractivity (Wildman–Crippen MR) is 141 cm³/mol. The van der Waals surface area contributed by atoms with Crippen LogP contribution in [0.3, 0.4) is 0 Å². The van der Waals surface area contributed by atoms with Crippen molar-refractivity contribution >= 4 is 34.5 Å². The number of benzene rings is 1. The van der Waals surface area contributed by atoms with E-state index in [9.17, 15) is 23.9 Å². The maximum Gasteiger partial charge on any atom is 0.343 e. The lowest BCUT2D eigenvalue weighted by Crippen LogP contribution is -2.44. The van der Waals surface area contributed by atoms with Crippen LogP contribution >= 0.6 is 11.8 Å². The third kappa shape index (κ3) is 3.46. The lowest BCUT2D eigenvalue weighted by atomic mass is 9.81. The first-order chi connectivity index (χ1) is 18.2. The van der Waals surface area contributed by atoms with E-state index in [-0.39, 0.29) is 54.0 Å². The number of nitrogens with one attached hydrogen (secondary N) is 1. The van der Waals surface area contributed by atoms with Crippen LogP contribution < -0.4 is 10.9 Å². The molecule has 0 saturated heterocycles. The van der Waals surface area contributed by atoms with E-state index in [2.05, 4.69) is 5.32 Å². The average molecular weight is 538 g/mol. The summed E-state index contributed by atoms with van der Waals surface area (Å²) >= 11 is 1.54. The molecule has 1 aromatic carbocycles. The second-order valence-corrected chi connectivity index (χ2v) is 11.4. The van der Waals surface area contributed by atoms with Gasteiger partial charge in [-0.25, -0.2) is 14.2 Å². The summed E-state index contributed by atoms with van der Waals surface area (Å²) in [6.07, 6.45) is 1.25. The zero-order valence-corrected chi connectivity index (χ0v) is 22.3. The van der Waals surface area contributed by atoms with Crippen LogP contribution in [0.25, 0.3) is 22.3 Å². The third-order valence-electron chi connectivity index (χ3n) is 8.15. The number of aryl methyl sites for hydroxylation is 1. The Kier molecular flexibility index (Phi) is 5.88. The molecule has 3 aliphatic rings. The smallest absolute Gasteiger partial charge is 0.343 e. The molecule has 0 fully saturated rings. The van der Waals surface area contributed by atoms with Crippen molar-refractivity contribution in [2.45, 2.75) is 64.8 Å². The topological polar surface area (TPSA) is 111 Å². The monoisotopic (exact) mass is 537 g/mol. The van der Waals surface area contributed by atoms with E-state index in [0.29, 0.717) is 41.1 Å². The van der Waals surface area contributed by atoms with E-state index in [1.54, 1.807) is 24.5 Å². The van der Waals surface area contributed by atoms with Gasteiger partial charge in [0, 0.05) is 22.6 Å². The Morgan fingerprint density at radius 1 is 1.29 bits per heavy atom. The Bertz CT molecular complexity index is 1620. The number of aliphatic hydroxyl groups is 1. The van der Waals surface area contributed by atoms with Crippen LogP contribution in [0, 0.1) is 12.7 Å². The molecule has 4 heterocycles. The van der Waals surface area contributed by atoms with Gasteiger partial charge < -0.3 is 19.7 Å². The van der Waals surface area contributed by atoms with Crippen LogP contribution in [-0.2, 0) is 39.5 Å². The van der Waals surface area contributed by atoms with Gasteiger partial charge in [0.05, 0.1) is 40.8 Å². The van der Waals surface area contributed by atoms with Crippen molar-refractivity contribution in [1.82, 2.24) is 14.9 Å². The largest absolute Gasteiger partial charge is 0.458 e. The summed E-state index contributed by atoms with van der Waals surface area (Å²) < 4.78 is 21.7. The maximum atomic E-state index is 15.0. The minimum atomic E-state index is -1.93. The van der Waals surface area contributed by atoms with Crippen LogP contribution in [-0.4, -0.2) is 38.0 Å². The number of rotatable bonds is 5. The van der Waals surface area contributed by atoms with Crippen molar-refractivity contribution in [1.29, 1.82) is 0 Å². The molecule has 10 heteroatoms. The van der Waals surface area contributed by atoms with Gasteiger partial charge in [-0.3, -0.25) is 9.59 Å². The third-order valence-corrected chi connectivity index (χ3v) is 9.03. The number of carbonyl (C=O) groups excluding carboxylic acids is 2. The van der Waals surface area contributed by atoms with Crippen LogP contribution in [0.5, 0.6) is 0 Å². The van der Waals surface area contributed by atoms with E-state index in [1.165, 1.54) is 17.8 Å². The molecule has 2 atom stereocenters.